The van der Waals surface area contributed by atoms with Gasteiger partial charge in [0.05, 0.1) is 33.1 Å². The summed E-state index contributed by atoms with van der Waals surface area (Å²) in [6.07, 6.45) is 15.8. The van der Waals surface area contributed by atoms with Crippen molar-refractivity contribution in [2.45, 2.75) is 113 Å². The molecule has 20 heteroatoms. The van der Waals surface area contributed by atoms with Gasteiger partial charge in [-0.2, -0.15) is 9.97 Å². The first-order valence-electron chi connectivity index (χ1n) is 27.9. The molecule has 3 aromatic heterocycles. The zero-order valence-electron chi connectivity index (χ0n) is 44.7. The maximum Gasteiger partial charge on any atom is 0.409 e. The maximum absolute atomic E-state index is 17.2. The number of likely N-dealkylation sites (tertiary alicyclic amines) is 2. The highest BCUT2D eigenvalue weighted by atomic mass is 19.1. The lowest BCUT2D eigenvalue weighted by molar-refractivity contribution is -0.135. The van der Waals surface area contributed by atoms with Crippen LogP contribution in [0.4, 0.5) is 19.4 Å². The minimum absolute atomic E-state index is 0.00663. The predicted octanol–water partition coefficient (Wildman–Crippen LogP) is 6.90. The van der Waals surface area contributed by atoms with E-state index in [1.54, 1.807) is 18.5 Å². The molecule has 3 amide bonds. The lowest BCUT2D eigenvalue weighted by Crippen LogP contribution is -2.49. The molecule has 12 rings (SSSR count). The number of aromatic hydroxyl groups is 1. The van der Waals surface area contributed by atoms with Crippen LogP contribution in [-0.4, -0.2) is 150 Å². The summed E-state index contributed by atoms with van der Waals surface area (Å²) in [7, 11) is 1.73. The smallest absolute Gasteiger partial charge is 0.409 e. The Balaban J connectivity index is 0.664. The summed E-state index contributed by atoms with van der Waals surface area (Å²) in [5.41, 5.74) is 0.737. The zero-order chi connectivity index (χ0) is 54.9. The van der Waals surface area contributed by atoms with E-state index in [0.29, 0.717) is 72.8 Å². The number of imidazole rings is 1. The fourth-order valence-corrected chi connectivity index (χ4v) is 13.9. The number of aliphatic hydroxyl groups is 1. The second kappa shape index (κ2) is 20.8. The van der Waals surface area contributed by atoms with E-state index in [1.807, 2.05) is 15.9 Å². The molecule has 414 valence electrons. The molecule has 79 heavy (non-hydrogen) atoms. The highest BCUT2D eigenvalue weighted by Crippen LogP contribution is 2.44. The SMILES string of the molecule is C#Cc1c(F)ccc2cc(O)cc(-c3ncc4c(N5CCC[C@@](C)(O)C5)nc(OC[C@@]56CCCN5[C@@H](COC(=O)N5CCC(CN7CCC(c8ccc9c(c8)n(C)c(=O)n9C8CCC(=O)NC8=O)CC7)CC5)CC6)nc4c3F)c12. The van der Waals surface area contributed by atoms with Crippen LogP contribution in [0.25, 0.3) is 44.0 Å². The van der Waals surface area contributed by atoms with Crippen molar-refractivity contribution in [2.75, 3.05) is 70.5 Å². The molecular weight excluding hydrogens is 1010 g/mol. The van der Waals surface area contributed by atoms with Crippen molar-refractivity contribution >= 4 is 56.4 Å². The van der Waals surface area contributed by atoms with Gasteiger partial charge < -0.3 is 34.4 Å². The van der Waals surface area contributed by atoms with Crippen LogP contribution in [0.2, 0.25) is 0 Å². The molecule has 4 atom stereocenters. The monoisotopic (exact) mass is 1080 g/mol. The number of pyridine rings is 1. The molecule has 3 aromatic carbocycles. The first-order valence-corrected chi connectivity index (χ1v) is 27.9. The molecule has 18 nitrogen and oxygen atoms in total. The van der Waals surface area contributed by atoms with Crippen molar-refractivity contribution in [3.63, 3.8) is 0 Å². The van der Waals surface area contributed by atoms with Crippen LogP contribution in [-0.2, 0) is 21.4 Å². The molecular formula is C59H66F2N10O8. The van der Waals surface area contributed by atoms with Gasteiger partial charge in [-0.3, -0.25) is 33.9 Å². The average Bonchev–Trinajstić information content (AvgIpc) is 4.32. The minimum Gasteiger partial charge on any atom is -0.508 e. The topological polar surface area (TPSA) is 201 Å². The largest absolute Gasteiger partial charge is 0.508 e. The van der Waals surface area contributed by atoms with Crippen LogP contribution in [0, 0.1) is 29.9 Å². The molecule has 0 bridgehead atoms. The van der Waals surface area contributed by atoms with Gasteiger partial charge in [0.25, 0.3) is 0 Å². The summed E-state index contributed by atoms with van der Waals surface area (Å²) in [5, 5.41) is 25.2. The van der Waals surface area contributed by atoms with Gasteiger partial charge in [0.1, 0.15) is 47.9 Å². The van der Waals surface area contributed by atoms with Crippen molar-refractivity contribution in [1.29, 1.82) is 0 Å². The number of benzene rings is 3. The number of terminal acetylenes is 1. The number of aromatic nitrogens is 5. The third-order valence-electron chi connectivity index (χ3n) is 18.1. The molecule has 0 saturated carbocycles. The van der Waals surface area contributed by atoms with Gasteiger partial charge in [0.15, 0.2) is 5.82 Å². The van der Waals surface area contributed by atoms with E-state index in [0.717, 1.165) is 83.1 Å². The number of phenolic OH excluding ortho intramolecular Hbond substituents is 1. The number of carbonyl (C=O) groups is 3. The van der Waals surface area contributed by atoms with Crippen LogP contribution in [0.15, 0.2) is 53.5 Å². The number of anilines is 1. The van der Waals surface area contributed by atoms with Gasteiger partial charge in [-0.25, -0.2) is 18.4 Å². The summed E-state index contributed by atoms with van der Waals surface area (Å²) in [5.74, 6) is 1.13. The number of hydrogen-bond acceptors (Lipinski definition) is 14. The molecule has 6 aromatic rings. The van der Waals surface area contributed by atoms with E-state index in [2.05, 4.69) is 43.1 Å². The van der Waals surface area contributed by atoms with Gasteiger partial charge >= 0.3 is 17.8 Å². The molecule has 0 aliphatic carbocycles. The van der Waals surface area contributed by atoms with Crippen LogP contribution < -0.4 is 20.6 Å². The fourth-order valence-electron chi connectivity index (χ4n) is 13.9. The number of rotatable bonds is 11. The molecule has 6 aliphatic heterocycles. The molecule has 3 N–H and O–H groups in total. The number of fused-ring (bicyclic) bond motifs is 4. The van der Waals surface area contributed by atoms with E-state index < -0.39 is 29.2 Å². The second-order valence-corrected chi connectivity index (χ2v) is 23.2. The summed E-state index contributed by atoms with van der Waals surface area (Å²) >= 11 is 0. The Morgan fingerprint density at radius 3 is 2.49 bits per heavy atom. The minimum atomic E-state index is -1.02. The highest BCUT2D eigenvalue weighted by Gasteiger charge is 2.50. The third kappa shape index (κ3) is 9.81. The van der Waals surface area contributed by atoms with Gasteiger partial charge in [0, 0.05) is 69.4 Å². The number of carbonyl (C=O) groups excluding carboxylic acids is 3. The fraction of sp³-hybridized carbons (Fsp3) is 0.508. The average molecular weight is 1080 g/mol. The Labute approximate surface area is 455 Å². The molecule has 1 unspecified atom stereocenters. The maximum atomic E-state index is 17.2. The number of halogens is 2. The third-order valence-corrected chi connectivity index (χ3v) is 18.1. The van der Waals surface area contributed by atoms with Crippen LogP contribution >= 0.6 is 0 Å². The number of hydrogen-bond donors (Lipinski definition) is 3. The van der Waals surface area contributed by atoms with E-state index in [4.69, 9.17) is 20.9 Å². The van der Waals surface area contributed by atoms with Gasteiger partial charge in [-0.15, -0.1) is 6.42 Å². The van der Waals surface area contributed by atoms with E-state index in [1.165, 1.54) is 40.6 Å². The summed E-state index contributed by atoms with van der Waals surface area (Å²) in [4.78, 5) is 74.1. The van der Waals surface area contributed by atoms with E-state index >= 15 is 8.78 Å². The van der Waals surface area contributed by atoms with Gasteiger partial charge in [-0.1, -0.05) is 18.1 Å². The molecule has 6 aliphatic rings. The number of phenols is 1. The number of nitrogens with one attached hydrogen (secondary N) is 1. The summed E-state index contributed by atoms with van der Waals surface area (Å²) < 4.78 is 48.0. The Bertz CT molecular complexity index is 3530. The molecule has 6 saturated heterocycles. The number of nitrogens with zero attached hydrogens (tertiary/aromatic N) is 9. The van der Waals surface area contributed by atoms with Crippen LogP contribution in [0.1, 0.15) is 107 Å². The molecule has 0 radical (unpaired) electrons. The standard InChI is InChI=1S/C59H66F2N10O8/c1-4-41-44(60)9-7-38-27-40(72)29-42(49(38)41)51-50(61)52-43(30-62-51)53(69-21-5-18-58(2,77)33-69)65-55(64-52)79-34-59-19-6-22-70(59)39(13-20-59)32-78-57(76)68-25-14-35(15-26-68)31-67-23-16-36(17-24-67)37-8-10-45-47(28-37)66(3)56(75)71(45)46-11-12-48(73)63-54(46)74/h1,7-10,27-30,35-36,39,46,72,77H,5-6,11-26,31-34H2,2-3H3,(H,63,73,74)/t39-,46?,58-,59+/m1/s1. The Kier molecular flexibility index (Phi) is 13.8. The lowest BCUT2D eigenvalue weighted by atomic mass is 9.88. The normalized spacial score (nSPS) is 24.6. The van der Waals surface area contributed by atoms with Crippen molar-refractivity contribution in [3.05, 3.63) is 81.9 Å². The van der Waals surface area contributed by atoms with Crippen LogP contribution in [0.5, 0.6) is 11.8 Å². The number of ether oxygens (including phenoxy) is 2. The van der Waals surface area contributed by atoms with E-state index in [-0.39, 0.29) is 94.9 Å². The first-order chi connectivity index (χ1) is 38.1. The second-order valence-electron chi connectivity index (χ2n) is 23.2. The van der Waals surface area contributed by atoms with Crippen LogP contribution in [0.3, 0.4) is 0 Å². The van der Waals surface area contributed by atoms with Crippen molar-refractivity contribution in [3.8, 4) is 35.4 Å². The predicted molar refractivity (Wildman–Crippen MR) is 292 cm³/mol. The lowest BCUT2D eigenvalue weighted by Gasteiger charge is -2.38. The van der Waals surface area contributed by atoms with Crippen molar-refractivity contribution in [2.24, 2.45) is 13.0 Å². The van der Waals surface area contributed by atoms with Gasteiger partial charge in [0.2, 0.25) is 11.8 Å². The Morgan fingerprint density at radius 1 is 0.924 bits per heavy atom. The van der Waals surface area contributed by atoms with Crippen molar-refractivity contribution in [1.82, 2.24) is 44.1 Å². The number of β-amino-alcohol motifs (C(OH)–C–C–N with tert-alkyl or cyclic N) is 1. The first kappa shape index (κ1) is 52.5. The molecule has 0 spiro atoms. The summed E-state index contributed by atoms with van der Waals surface area (Å²) in [6.45, 7) is 7.99. The number of imide groups is 1. The molecule has 9 heterocycles. The highest BCUT2D eigenvalue weighted by molar-refractivity contribution is 6.03. The molecule has 6 fully saturated rings. The van der Waals surface area contributed by atoms with Crippen molar-refractivity contribution < 1.29 is 42.9 Å². The number of aryl methyl sites for hydroxylation is 1. The van der Waals surface area contributed by atoms with Gasteiger partial charge in [-0.05, 0) is 150 Å². The number of amides is 3. The zero-order valence-corrected chi connectivity index (χ0v) is 44.7. The van der Waals surface area contributed by atoms with E-state index in [9.17, 15) is 29.4 Å². The number of piperidine rings is 4. The quantitative estimate of drug-likeness (QED) is 0.0894. The Morgan fingerprint density at radius 2 is 1.72 bits per heavy atom. The summed E-state index contributed by atoms with van der Waals surface area (Å²) in [6, 6.07) is 10.8. The Hall–Kier alpha value is -7.21.